The summed E-state index contributed by atoms with van der Waals surface area (Å²) in [4.78, 5) is 22.7. The van der Waals surface area contributed by atoms with E-state index in [-0.39, 0.29) is 32.0 Å². The predicted octanol–water partition coefficient (Wildman–Crippen LogP) is 8.02. The van der Waals surface area contributed by atoms with E-state index in [0.29, 0.717) is 41.0 Å². The minimum Gasteiger partial charge on any atom is -0.494 e. The zero-order valence-electron chi connectivity index (χ0n) is 27.6. The van der Waals surface area contributed by atoms with E-state index in [1.165, 1.54) is 6.07 Å². The van der Waals surface area contributed by atoms with Crippen LogP contribution in [0, 0.1) is 11.6 Å². The average Bonchev–Trinajstić information content (AvgIpc) is 3.56. The normalized spacial score (nSPS) is 16.5. The summed E-state index contributed by atoms with van der Waals surface area (Å²) >= 11 is 0. The van der Waals surface area contributed by atoms with E-state index >= 15 is 0 Å². The Morgan fingerprint density at radius 2 is 1.57 bits per heavy atom. The minimum absolute atomic E-state index is 0.0166. The lowest BCUT2D eigenvalue weighted by molar-refractivity contribution is -0.129. The van der Waals surface area contributed by atoms with Crippen LogP contribution < -0.4 is 10.1 Å². The Hall–Kier alpha value is -6.03. The van der Waals surface area contributed by atoms with Crippen molar-refractivity contribution in [2.75, 3.05) is 13.2 Å². The summed E-state index contributed by atoms with van der Waals surface area (Å²) in [5, 5.41) is 15.8. The molecule has 5 aromatic rings. The van der Waals surface area contributed by atoms with Crippen LogP contribution in [0.1, 0.15) is 40.3 Å². The van der Waals surface area contributed by atoms with Gasteiger partial charge in [0.2, 0.25) is 5.90 Å². The van der Waals surface area contributed by atoms with E-state index < -0.39 is 29.2 Å². The van der Waals surface area contributed by atoms with E-state index in [4.69, 9.17) is 25.1 Å². The number of azide groups is 1. The molecule has 2 atom stereocenters. The number of rotatable bonds is 14. The van der Waals surface area contributed by atoms with E-state index in [9.17, 15) is 13.6 Å². The first-order valence-corrected chi connectivity index (χ1v) is 16.5. The van der Waals surface area contributed by atoms with Gasteiger partial charge in [0.15, 0.2) is 23.3 Å². The number of benzene rings is 5. The fourth-order valence-corrected chi connectivity index (χ4v) is 6.03. The van der Waals surface area contributed by atoms with Gasteiger partial charge in [-0.25, -0.2) is 13.8 Å². The summed E-state index contributed by atoms with van der Waals surface area (Å²) in [6.45, 7) is 0.334. The Kier molecular flexibility index (Phi) is 11.0. The molecule has 0 bridgehead atoms. The van der Waals surface area contributed by atoms with E-state index in [2.05, 4.69) is 15.3 Å². The van der Waals surface area contributed by atoms with Gasteiger partial charge in [-0.1, -0.05) is 90.0 Å². The van der Waals surface area contributed by atoms with Crippen molar-refractivity contribution in [3.05, 3.63) is 171 Å². The van der Waals surface area contributed by atoms with Gasteiger partial charge in [0.1, 0.15) is 5.75 Å². The Morgan fingerprint density at radius 1 is 0.882 bits per heavy atom. The number of aliphatic imine (C=N–C) groups is 1. The van der Waals surface area contributed by atoms with E-state index in [1.807, 2.05) is 78.9 Å². The van der Waals surface area contributed by atoms with Gasteiger partial charge in [-0.2, -0.15) is 0 Å². The first-order chi connectivity index (χ1) is 24.9. The predicted molar refractivity (Wildman–Crippen MR) is 190 cm³/mol. The number of aliphatic hydroxyl groups excluding tert-OH is 1. The molecule has 6 rings (SSSR count). The average molecular weight is 688 g/mol. The van der Waals surface area contributed by atoms with E-state index in [1.54, 1.807) is 24.3 Å². The van der Waals surface area contributed by atoms with Crippen molar-refractivity contribution in [1.29, 1.82) is 0 Å². The molecule has 1 heterocycles. The van der Waals surface area contributed by atoms with Crippen LogP contribution >= 0.6 is 0 Å². The van der Waals surface area contributed by atoms with Gasteiger partial charge in [-0.05, 0) is 75.3 Å². The van der Waals surface area contributed by atoms with Crippen LogP contribution in [0.2, 0.25) is 0 Å². The van der Waals surface area contributed by atoms with Crippen molar-refractivity contribution in [2.45, 2.75) is 37.6 Å². The van der Waals surface area contributed by atoms with Crippen molar-refractivity contribution < 1.29 is 28.2 Å². The lowest BCUT2D eigenvalue weighted by atomic mass is 9.80. The van der Waals surface area contributed by atoms with Crippen molar-refractivity contribution in [1.82, 2.24) is 5.32 Å². The summed E-state index contributed by atoms with van der Waals surface area (Å²) in [5.74, 6) is -1.68. The number of nitrogens with zero attached hydrogens (tertiary/aromatic N) is 4. The lowest BCUT2D eigenvalue weighted by Gasteiger charge is -2.31. The highest BCUT2D eigenvalue weighted by Crippen LogP contribution is 2.43. The molecular formula is C40H35F2N5O4. The maximum Gasteiger partial charge on any atom is 0.252 e. The van der Waals surface area contributed by atoms with Crippen molar-refractivity contribution in [2.24, 2.45) is 10.1 Å². The third-order valence-corrected chi connectivity index (χ3v) is 8.67. The Labute approximate surface area is 293 Å². The topological polar surface area (TPSA) is 129 Å². The minimum atomic E-state index is -1.59. The van der Waals surface area contributed by atoms with Gasteiger partial charge < -0.3 is 19.9 Å². The van der Waals surface area contributed by atoms with Crippen LogP contribution in [0.25, 0.3) is 21.6 Å². The van der Waals surface area contributed by atoms with Crippen molar-refractivity contribution in [3.8, 4) is 16.9 Å². The Balaban J connectivity index is 1.44. The number of halogens is 2. The third-order valence-electron chi connectivity index (χ3n) is 8.67. The van der Waals surface area contributed by atoms with Gasteiger partial charge in [0, 0.05) is 36.5 Å². The quantitative estimate of drug-likeness (QED) is 0.0530. The molecule has 0 aromatic heterocycles. The number of nitrogens with one attached hydrogen (secondary N) is 1. The number of ether oxygens (including phenoxy) is 2. The third kappa shape index (κ3) is 8.07. The summed E-state index contributed by atoms with van der Waals surface area (Å²) in [6.07, 6.45) is -0.369. The fourth-order valence-electron chi connectivity index (χ4n) is 6.03. The summed E-state index contributed by atoms with van der Waals surface area (Å²) < 4.78 is 40.2. The zero-order valence-corrected chi connectivity index (χ0v) is 27.6. The van der Waals surface area contributed by atoms with Gasteiger partial charge in [0.05, 0.1) is 13.2 Å². The van der Waals surface area contributed by atoms with E-state index in [0.717, 1.165) is 28.8 Å². The second kappa shape index (κ2) is 16.1. The molecule has 0 radical (unpaired) electrons. The second-order valence-electron chi connectivity index (χ2n) is 12.0. The number of carbonyl (C=O) groups excluding carboxylic acids is 1. The highest BCUT2D eigenvalue weighted by Gasteiger charge is 2.53. The fraction of sp³-hybridized carbons (Fsp3) is 0.200. The Morgan fingerprint density at radius 3 is 2.27 bits per heavy atom. The molecule has 0 spiro atoms. The molecule has 0 unspecified atom stereocenters. The SMILES string of the molecule is [N-]=[N+]=NCc1ccccc1C[C@@]1(C(=O)NCc2ccc(F)c(F)c2)N=C(c2ccc(OCCCO)cc2)O[C@@H]1c1ccc(-c2ccccc2)cc1. The second-order valence-corrected chi connectivity index (χ2v) is 12.0. The standard InChI is InChI=1S/C40H35F2N5O4/c41-35-20-11-27(23-36(35)42)25-44-39(49)40(24-32-9-4-5-10-33(32)26-45-47-43)37(30-14-12-29(13-15-30)28-7-2-1-3-8-28)51-38(46-40)31-16-18-34(19-17-31)50-22-6-21-48/h1-5,7-20,23,37,48H,6,21-22,24-26H2,(H,44,49)/t37-,40-/m1/s1. The molecule has 51 heavy (non-hydrogen) atoms. The van der Waals surface area contributed by atoms with Crippen LogP contribution in [-0.4, -0.2) is 35.7 Å². The molecule has 1 amide bonds. The zero-order chi connectivity index (χ0) is 35.6. The van der Waals surface area contributed by atoms with Gasteiger partial charge in [-0.3, -0.25) is 4.79 Å². The number of hydrogen-bond acceptors (Lipinski definition) is 6. The van der Waals surface area contributed by atoms with Crippen LogP contribution in [-0.2, 0) is 29.0 Å². The maximum absolute atomic E-state index is 14.7. The molecule has 0 fully saturated rings. The molecule has 0 saturated heterocycles. The van der Waals surface area contributed by atoms with Gasteiger partial charge in [-0.15, -0.1) is 0 Å². The van der Waals surface area contributed by atoms with Crippen LogP contribution in [0.5, 0.6) is 5.75 Å². The molecule has 9 nitrogen and oxygen atoms in total. The molecule has 11 heteroatoms. The number of hydrogen-bond donors (Lipinski definition) is 2. The molecule has 1 aliphatic rings. The monoisotopic (exact) mass is 687 g/mol. The highest BCUT2D eigenvalue weighted by molar-refractivity contribution is 6.01. The van der Waals surface area contributed by atoms with Crippen molar-refractivity contribution in [3.63, 3.8) is 0 Å². The van der Waals surface area contributed by atoms with Crippen LogP contribution in [0.3, 0.4) is 0 Å². The van der Waals surface area contributed by atoms with Gasteiger partial charge >= 0.3 is 0 Å². The number of aliphatic hydroxyl groups is 1. The maximum atomic E-state index is 14.7. The molecule has 5 aromatic carbocycles. The Bertz CT molecular complexity index is 2050. The molecule has 0 saturated carbocycles. The van der Waals surface area contributed by atoms with Crippen LogP contribution in [0.4, 0.5) is 8.78 Å². The largest absolute Gasteiger partial charge is 0.494 e. The molecule has 258 valence electrons. The lowest BCUT2D eigenvalue weighted by Crippen LogP contribution is -2.49. The van der Waals surface area contributed by atoms with Gasteiger partial charge in [0.25, 0.3) is 5.91 Å². The summed E-state index contributed by atoms with van der Waals surface area (Å²) in [5.41, 5.74) is 12.6. The summed E-state index contributed by atoms with van der Waals surface area (Å²) in [7, 11) is 0. The molecule has 0 aliphatic carbocycles. The van der Waals surface area contributed by atoms with Crippen LogP contribution in [0.15, 0.2) is 131 Å². The molecular weight excluding hydrogens is 652 g/mol. The molecule has 2 N–H and O–H groups in total. The van der Waals surface area contributed by atoms with Crippen molar-refractivity contribution >= 4 is 11.8 Å². The molecule has 1 aliphatic heterocycles. The first-order valence-electron chi connectivity index (χ1n) is 16.5. The first kappa shape index (κ1) is 34.8. The summed E-state index contributed by atoms with van der Waals surface area (Å²) in [6, 6.07) is 35.5. The highest BCUT2D eigenvalue weighted by atomic mass is 19.2. The smallest absolute Gasteiger partial charge is 0.252 e. The number of carbonyl (C=O) groups is 1. The number of amides is 1.